The predicted molar refractivity (Wildman–Crippen MR) is 85.2 cm³/mol. The molecule has 1 aliphatic carbocycles. The maximum atomic E-state index is 5.85. The van der Waals surface area contributed by atoms with Crippen LogP contribution in [-0.4, -0.2) is 33.0 Å². The maximum absolute atomic E-state index is 5.85. The molecule has 2 aromatic rings. The van der Waals surface area contributed by atoms with E-state index in [9.17, 15) is 0 Å². The first-order valence-electron chi connectivity index (χ1n) is 7.84. The van der Waals surface area contributed by atoms with Crippen molar-refractivity contribution in [2.24, 2.45) is 0 Å². The van der Waals surface area contributed by atoms with Gasteiger partial charge in [0, 0.05) is 49.1 Å². The van der Waals surface area contributed by atoms with Crippen molar-refractivity contribution in [1.82, 2.24) is 19.9 Å². The zero-order valence-corrected chi connectivity index (χ0v) is 13.1. The van der Waals surface area contributed by atoms with Gasteiger partial charge in [0.1, 0.15) is 18.0 Å². The normalized spacial score (nSPS) is 19.4. The average Bonchev–Trinajstić information content (AvgIpc) is 3.41. The summed E-state index contributed by atoms with van der Waals surface area (Å²) in [6.07, 6.45) is 9.70. The van der Waals surface area contributed by atoms with Crippen molar-refractivity contribution in [1.29, 1.82) is 0 Å². The Balaban J connectivity index is 1.43. The topological polar surface area (TPSA) is 54.8 Å². The second-order valence-corrected chi connectivity index (χ2v) is 6.53. The molecule has 1 saturated carbocycles. The van der Waals surface area contributed by atoms with Crippen molar-refractivity contribution < 1.29 is 0 Å². The first-order valence-corrected chi connectivity index (χ1v) is 8.22. The lowest BCUT2D eigenvalue weighted by Gasteiger charge is -2.32. The second-order valence-electron chi connectivity index (χ2n) is 6.10. The van der Waals surface area contributed by atoms with E-state index in [0.717, 1.165) is 37.6 Å². The van der Waals surface area contributed by atoms with Gasteiger partial charge in [-0.1, -0.05) is 11.6 Å². The molecule has 22 heavy (non-hydrogen) atoms. The molecule has 2 aliphatic rings. The lowest BCUT2D eigenvalue weighted by molar-refractivity contribution is 0.483. The van der Waals surface area contributed by atoms with E-state index in [4.69, 9.17) is 11.6 Å². The minimum Gasteiger partial charge on any atom is -0.356 e. The maximum Gasteiger partial charge on any atom is 0.132 e. The van der Waals surface area contributed by atoms with Gasteiger partial charge >= 0.3 is 0 Å². The number of hydrogen-bond donors (Lipinski definition) is 0. The van der Waals surface area contributed by atoms with Crippen molar-refractivity contribution in [3.05, 3.63) is 41.3 Å². The van der Waals surface area contributed by atoms with Gasteiger partial charge in [-0.15, -0.1) is 0 Å². The summed E-state index contributed by atoms with van der Waals surface area (Å²) in [6.45, 7) is 1.97. The summed E-state index contributed by atoms with van der Waals surface area (Å²) in [7, 11) is 0. The van der Waals surface area contributed by atoms with Crippen LogP contribution in [0.4, 0.5) is 5.82 Å². The van der Waals surface area contributed by atoms with Crippen LogP contribution in [0.2, 0.25) is 5.02 Å². The third-order valence-corrected chi connectivity index (χ3v) is 4.69. The highest BCUT2D eigenvalue weighted by Crippen LogP contribution is 2.39. The van der Waals surface area contributed by atoms with Gasteiger partial charge in [0.05, 0.1) is 5.02 Å². The molecule has 0 radical (unpaired) electrons. The lowest BCUT2D eigenvalue weighted by Crippen LogP contribution is -2.34. The van der Waals surface area contributed by atoms with Gasteiger partial charge in [0.2, 0.25) is 0 Å². The van der Waals surface area contributed by atoms with Crippen molar-refractivity contribution in [3.63, 3.8) is 0 Å². The van der Waals surface area contributed by atoms with Gasteiger partial charge in [0.15, 0.2) is 0 Å². The Kier molecular flexibility index (Phi) is 3.66. The van der Waals surface area contributed by atoms with Gasteiger partial charge in [-0.05, 0) is 25.7 Å². The van der Waals surface area contributed by atoms with E-state index >= 15 is 0 Å². The molecule has 6 heteroatoms. The second kappa shape index (κ2) is 5.80. The van der Waals surface area contributed by atoms with Gasteiger partial charge in [-0.3, -0.25) is 0 Å². The molecule has 1 saturated heterocycles. The fourth-order valence-corrected chi connectivity index (χ4v) is 3.13. The smallest absolute Gasteiger partial charge is 0.132 e. The molecule has 0 unspecified atom stereocenters. The number of aromatic nitrogens is 4. The molecule has 0 amide bonds. The van der Waals surface area contributed by atoms with E-state index in [-0.39, 0.29) is 0 Å². The molecule has 4 rings (SSSR count). The van der Waals surface area contributed by atoms with Crippen molar-refractivity contribution >= 4 is 17.4 Å². The fraction of sp³-hybridized carbons (Fsp3) is 0.500. The van der Waals surface area contributed by atoms with Crippen LogP contribution >= 0.6 is 11.6 Å². The molecule has 0 atom stereocenters. The first-order chi connectivity index (χ1) is 10.8. The van der Waals surface area contributed by atoms with Crippen LogP contribution in [0.5, 0.6) is 0 Å². The molecule has 5 nitrogen and oxygen atoms in total. The van der Waals surface area contributed by atoms with Crippen LogP contribution in [0.3, 0.4) is 0 Å². The molecule has 1 aliphatic heterocycles. The summed E-state index contributed by atoms with van der Waals surface area (Å²) < 4.78 is 0. The van der Waals surface area contributed by atoms with Crippen molar-refractivity contribution in [2.45, 2.75) is 37.5 Å². The molecule has 3 heterocycles. The first kappa shape index (κ1) is 13.9. The molecular weight excluding hydrogens is 298 g/mol. The van der Waals surface area contributed by atoms with Crippen LogP contribution < -0.4 is 4.90 Å². The highest BCUT2D eigenvalue weighted by Gasteiger charge is 2.27. The minimum atomic E-state index is 0.415. The molecule has 0 spiro atoms. The van der Waals surface area contributed by atoms with Gasteiger partial charge in [-0.25, -0.2) is 19.9 Å². The van der Waals surface area contributed by atoms with E-state index in [1.807, 2.05) is 0 Å². The van der Waals surface area contributed by atoms with Gasteiger partial charge in [-0.2, -0.15) is 0 Å². The van der Waals surface area contributed by atoms with E-state index in [0.29, 0.717) is 16.9 Å². The van der Waals surface area contributed by atoms with E-state index in [1.165, 1.54) is 18.5 Å². The monoisotopic (exact) mass is 315 g/mol. The Hall–Kier alpha value is -1.75. The largest absolute Gasteiger partial charge is 0.356 e. The zero-order chi connectivity index (χ0) is 14.9. The summed E-state index contributed by atoms with van der Waals surface area (Å²) in [4.78, 5) is 19.9. The summed E-state index contributed by atoms with van der Waals surface area (Å²) in [5, 5.41) is 0.592. The molecular formula is C16H18ClN5. The van der Waals surface area contributed by atoms with Crippen LogP contribution in [0.1, 0.15) is 49.0 Å². The molecule has 0 bridgehead atoms. The van der Waals surface area contributed by atoms with Gasteiger partial charge in [0.25, 0.3) is 0 Å². The zero-order valence-electron chi connectivity index (χ0n) is 12.3. The minimum absolute atomic E-state index is 0.415. The van der Waals surface area contributed by atoms with Crippen LogP contribution in [0.15, 0.2) is 24.8 Å². The van der Waals surface area contributed by atoms with E-state index in [2.05, 4.69) is 30.9 Å². The Labute approximate surface area is 134 Å². The van der Waals surface area contributed by atoms with Crippen LogP contribution in [0, 0.1) is 0 Å². The van der Waals surface area contributed by atoms with Crippen LogP contribution in [0.25, 0.3) is 0 Å². The molecule has 2 aromatic heterocycles. The molecule has 0 aromatic carbocycles. The summed E-state index contributed by atoms with van der Waals surface area (Å²) in [5.74, 6) is 3.05. The quantitative estimate of drug-likeness (QED) is 0.870. The molecule has 2 fully saturated rings. The van der Waals surface area contributed by atoms with E-state index in [1.54, 1.807) is 18.7 Å². The highest BCUT2D eigenvalue weighted by molar-refractivity contribution is 6.30. The number of hydrogen-bond acceptors (Lipinski definition) is 5. The number of halogens is 1. The van der Waals surface area contributed by atoms with Crippen LogP contribution in [-0.2, 0) is 0 Å². The predicted octanol–water partition coefficient (Wildman–Crippen LogP) is 3.18. The summed E-state index contributed by atoms with van der Waals surface area (Å²) >= 11 is 5.85. The Bertz CT molecular complexity index is 648. The Morgan fingerprint density at radius 1 is 0.909 bits per heavy atom. The fourth-order valence-electron chi connectivity index (χ4n) is 3.04. The third kappa shape index (κ3) is 2.90. The highest BCUT2D eigenvalue weighted by atomic mass is 35.5. The average molecular weight is 316 g/mol. The standard InChI is InChI=1S/C16H18ClN5/c17-13-8-18-16(19-9-13)12-3-5-22(6-4-12)15-7-14(11-1-2-11)20-10-21-15/h7-12H,1-6H2. The number of rotatable bonds is 3. The van der Waals surface area contributed by atoms with E-state index < -0.39 is 0 Å². The third-order valence-electron chi connectivity index (χ3n) is 4.49. The summed E-state index contributed by atoms with van der Waals surface area (Å²) in [5.41, 5.74) is 1.20. The van der Waals surface area contributed by atoms with Crippen molar-refractivity contribution in [3.8, 4) is 0 Å². The summed E-state index contributed by atoms with van der Waals surface area (Å²) in [6, 6.07) is 2.16. The van der Waals surface area contributed by atoms with Crippen molar-refractivity contribution in [2.75, 3.05) is 18.0 Å². The lowest BCUT2D eigenvalue weighted by atomic mass is 9.96. The number of anilines is 1. The molecule has 114 valence electrons. The number of piperidine rings is 1. The Morgan fingerprint density at radius 3 is 2.32 bits per heavy atom. The molecule has 0 N–H and O–H groups in total. The Morgan fingerprint density at radius 2 is 1.64 bits per heavy atom. The number of nitrogens with zero attached hydrogens (tertiary/aromatic N) is 5. The van der Waals surface area contributed by atoms with Gasteiger partial charge < -0.3 is 4.90 Å². The SMILES string of the molecule is Clc1cnc(C2CCN(c3cc(C4CC4)ncn3)CC2)nc1.